The smallest absolute Gasteiger partial charge is 0.223 e. The molecule has 0 saturated heterocycles. The van der Waals surface area contributed by atoms with Crippen molar-refractivity contribution in [1.82, 2.24) is 14.5 Å². The quantitative estimate of drug-likeness (QED) is 0.398. The van der Waals surface area contributed by atoms with Gasteiger partial charge in [0, 0.05) is 37.7 Å². The molecule has 0 saturated carbocycles. The van der Waals surface area contributed by atoms with Crippen LogP contribution in [0.2, 0.25) is 0 Å². The van der Waals surface area contributed by atoms with E-state index in [2.05, 4.69) is 5.32 Å². The van der Waals surface area contributed by atoms with E-state index in [1.807, 2.05) is 11.5 Å². The minimum absolute atomic E-state index is 0.0419. The van der Waals surface area contributed by atoms with Crippen molar-refractivity contribution in [1.29, 1.82) is 0 Å². The van der Waals surface area contributed by atoms with Crippen LogP contribution in [0.3, 0.4) is 0 Å². The molecule has 1 aromatic heterocycles. The van der Waals surface area contributed by atoms with Gasteiger partial charge in [0.05, 0.1) is 6.54 Å². The highest BCUT2D eigenvalue weighted by molar-refractivity contribution is 5.82. The molecular formula is C28H26F4N4O. The number of imidazole rings is 1. The molecule has 1 aliphatic heterocycles. The monoisotopic (exact) mass is 510 g/mol. The molecule has 192 valence electrons. The third kappa shape index (κ3) is 5.30. The number of carbonyl (C=O) groups excluding carboxylic acids is 1. The average Bonchev–Trinajstić information content (AvgIpc) is 3.24. The van der Waals surface area contributed by atoms with Gasteiger partial charge in [0.1, 0.15) is 29.3 Å². The molecule has 2 heterocycles. The Hall–Kier alpha value is -3.88. The lowest BCUT2D eigenvalue weighted by molar-refractivity contribution is -0.133. The van der Waals surface area contributed by atoms with Gasteiger partial charge in [-0.1, -0.05) is 31.2 Å². The maximum Gasteiger partial charge on any atom is 0.223 e. The van der Waals surface area contributed by atoms with Crippen molar-refractivity contribution in [3.8, 4) is 0 Å². The van der Waals surface area contributed by atoms with E-state index in [-0.39, 0.29) is 37.0 Å². The first-order valence-corrected chi connectivity index (χ1v) is 12.2. The minimum Gasteiger partial charge on any atom is -0.340 e. The third-order valence-electron chi connectivity index (χ3n) is 6.75. The van der Waals surface area contributed by atoms with Gasteiger partial charge in [-0.3, -0.25) is 4.79 Å². The number of carbonyl (C=O) groups is 1. The Morgan fingerprint density at radius 3 is 2.59 bits per heavy atom. The summed E-state index contributed by atoms with van der Waals surface area (Å²) < 4.78 is 56.2. The molecule has 37 heavy (non-hydrogen) atoms. The SMILES string of the molecule is CC(CC(=O)N1CCn2c(nc(C3=CCC(F)C=C3)c2Nc2ccc(F)c(F)c2)C1)c1ccc(F)cc1. The highest BCUT2D eigenvalue weighted by Gasteiger charge is 2.28. The van der Waals surface area contributed by atoms with Crippen LogP contribution < -0.4 is 5.32 Å². The number of fused-ring (bicyclic) bond motifs is 1. The van der Waals surface area contributed by atoms with Crippen LogP contribution in [0.1, 0.15) is 42.8 Å². The van der Waals surface area contributed by atoms with Crippen LogP contribution in [0.4, 0.5) is 29.1 Å². The molecule has 2 unspecified atom stereocenters. The molecule has 1 aliphatic carbocycles. The van der Waals surface area contributed by atoms with Gasteiger partial charge < -0.3 is 14.8 Å². The molecule has 2 atom stereocenters. The second kappa shape index (κ2) is 10.2. The Labute approximate surface area is 212 Å². The summed E-state index contributed by atoms with van der Waals surface area (Å²) in [6.45, 7) is 3.07. The molecule has 0 radical (unpaired) electrons. The number of hydrogen-bond acceptors (Lipinski definition) is 3. The number of benzene rings is 2. The molecule has 1 amide bonds. The molecular weight excluding hydrogens is 484 g/mol. The summed E-state index contributed by atoms with van der Waals surface area (Å²) in [5, 5.41) is 3.15. The summed E-state index contributed by atoms with van der Waals surface area (Å²) in [5.74, 6) is -1.17. The second-order valence-electron chi connectivity index (χ2n) is 9.37. The van der Waals surface area contributed by atoms with Gasteiger partial charge in [-0.15, -0.1) is 0 Å². The lowest BCUT2D eigenvalue weighted by Crippen LogP contribution is -2.39. The molecule has 0 bridgehead atoms. The summed E-state index contributed by atoms with van der Waals surface area (Å²) in [4.78, 5) is 19.6. The predicted molar refractivity (Wildman–Crippen MR) is 133 cm³/mol. The maximum atomic E-state index is 13.9. The number of hydrogen-bond donors (Lipinski definition) is 1. The molecule has 2 aromatic carbocycles. The van der Waals surface area contributed by atoms with Crippen molar-refractivity contribution in [2.45, 2.75) is 44.9 Å². The highest BCUT2D eigenvalue weighted by atomic mass is 19.2. The number of anilines is 2. The van der Waals surface area contributed by atoms with E-state index in [1.54, 1.807) is 29.2 Å². The van der Waals surface area contributed by atoms with Gasteiger partial charge in [0.25, 0.3) is 0 Å². The zero-order valence-corrected chi connectivity index (χ0v) is 20.2. The molecule has 1 N–H and O–H groups in total. The first kappa shape index (κ1) is 24.8. The molecule has 5 rings (SSSR count). The summed E-state index contributed by atoms with van der Waals surface area (Å²) >= 11 is 0. The van der Waals surface area contributed by atoms with Crippen molar-refractivity contribution in [2.75, 3.05) is 11.9 Å². The number of aromatic nitrogens is 2. The first-order valence-electron chi connectivity index (χ1n) is 12.2. The Bertz CT molecular complexity index is 1380. The summed E-state index contributed by atoms with van der Waals surface area (Å²) in [7, 11) is 0. The number of allylic oxidation sites excluding steroid dienone is 4. The van der Waals surface area contributed by atoms with E-state index >= 15 is 0 Å². The zero-order valence-electron chi connectivity index (χ0n) is 20.2. The fourth-order valence-electron chi connectivity index (χ4n) is 4.65. The fraction of sp³-hybridized carbons (Fsp3) is 0.286. The van der Waals surface area contributed by atoms with Gasteiger partial charge >= 0.3 is 0 Å². The van der Waals surface area contributed by atoms with E-state index in [1.165, 1.54) is 24.3 Å². The topological polar surface area (TPSA) is 50.2 Å². The molecule has 0 fully saturated rings. The second-order valence-corrected chi connectivity index (χ2v) is 9.37. The molecule has 3 aromatic rings. The standard InChI is InChI=1S/C28H26F4N4O/c1-17(18-2-6-20(29)7-3-18)14-26(37)35-12-13-36-25(16-35)34-27(19-4-8-21(30)9-5-19)28(36)33-22-10-11-23(31)24(32)15-22/h2-8,10-11,15,17,21,33H,9,12-14,16H2,1H3. The Morgan fingerprint density at radius 2 is 1.89 bits per heavy atom. The van der Waals surface area contributed by atoms with E-state index in [4.69, 9.17) is 4.98 Å². The van der Waals surface area contributed by atoms with Crippen LogP contribution >= 0.6 is 0 Å². The largest absolute Gasteiger partial charge is 0.340 e. The van der Waals surface area contributed by atoms with Crippen molar-refractivity contribution < 1.29 is 22.4 Å². The molecule has 9 heteroatoms. The van der Waals surface area contributed by atoms with Crippen LogP contribution in [-0.2, 0) is 17.9 Å². The number of halogens is 4. The Balaban J connectivity index is 1.40. The van der Waals surface area contributed by atoms with Gasteiger partial charge in [-0.2, -0.15) is 0 Å². The van der Waals surface area contributed by atoms with Crippen molar-refractivity contribution in [3.05, 3.63) is 95.2 Å². The lowest BCUT2D eigenvalue weighted by Gasteiger charge is -2.29. The van der Waals surface area contributed by atoms with E-state index in [9.17, 15) is 22.4 Å². The van der Waals surface area contributed by atoms with Crippen LogP contribution in [0.5, 0.6) is 0 Å². The predicted octanol–water partition coefficient (Wildman–Crippen LogP) is 6.26. The summed E-state index contributed by atoms with van der Waals surface area (Å²) in [6, 6.07) is 9.68. The third-order valence-corrected chi connectivity index (χ3v) is 6.75. The lowest BCUT2D eigenvalue weighted by atomic mass is 9.97. The normalized spacial score (nSPS) is 17.8. The van der Waals surface area contributed by atoms with E-state index in [0.717, 1.165) is 17.7 Å². The van der Waals surface area contributed by atoms with Crippen LogP contribution in [-0.4, -0.2) is 33.1 Å². The molecule has 5 nitrogen and oxygen atoms in total. The van der Waals surface area contributed by atoms with Crippen molar-refractivity contribution in [2.24, 2.45) is 0 Å². The first-order chi connectivity index (χ1) is 17.8. The van der Waals surface area contributed by atoms with Crippen LogP contribution in [0, 0.1) is 17.5 Å². The molecule has 0 spiro atoms. The number of rotatable bonds is 6. The van der Waals surface area contributed by atoms with Gasteiger partial charge in [0.15, 0.2) is 11.6 Å². The van der Waals surface area contributed by atoms with Crippen LogP contribution in [0.15, 0.2) is 60.7 Å². The minimum atomic E-state index is -1.07. The Morgan fingerprint density at radius 1 is 1.11 bits per heavy atom. The van der Waals surface area contributed by atoms with Gasteiger partial charge in [-0.25, -0.2) is 22.5 Å². The number of nitrogens with one attached hydrogen (secondary N) is 1. The summed E-state index contributed by atoms with van der Waals surface area (Å²) in [5.41, 5.74) is 2.49. The van der Waals surface area contributed by atoms with Gasteiger partial charge in [-0.05, 0) is 47.4 Å². The van der Waals surface area contributed by atoms with E-state index in [0.29, 0.717) is 41.7 Å². The Kier molecular flexibility index (Phi) is 6.86. The number of amides is 1. The highest BCUT2D eigenvalue weighted by Crippen LogP contribution is 2.34. The van der Waals surface area contributed by atoms with E-state index < -0.39 is 17.8 Å². The summed E-state index contributed by atoms with van der Waals surface area (Å²) in [6.07, 6.45) is 4.28. The fourth-order valence-corrected chi connectivity index (χ4v) is 4.65. The van der Waals surface area contributed by atoms with Crippen LogP contribution in [0.25, 0.3) is 5.57 Å². The van der Waals surface area contributed by atoms with Gasteiger partial charge in [0.2, 0.25) is 5.91 Å². The molecule has 2 aliphatic rings. The van der Waals surface area contributed by atoms with Crippen molar-refractivity contribution >= 4 is 23.0 Å². The number of nitrogens with zero attached hydrogens (tertiary/aromatic N) is 3. The van der Waals surface area contributed by atoms with Crippen molar-refractivity contribution in [3.63, 3.8) is 0 Å². The zero-order chi connectivity index (χ0) is 26.1. The number of alkyl halides is 1. The maximum absolute atomic E-state index is 13.9. The average molecular weight is 511 g/mol.